The van der Waals surface area contributed by atoms with Crippen molar-refractivity contribution in [2.24, 2.45) is 0 Å². The number of nitrogens with one attached hydrogen (secondary N) is 2. The van der Waals surface area contributed by atoms with Crippen LogP contribution in [0, 0.1) is 0 Å². The van der Waals surface area contributed by atoms with Crippen LogP contribution in [0.25, 0.3) is 0 Å². The minimum atomic E-state index is -0.159. The van der Waals surface area contributed by atoms with Crippen LogP contribution in [0.4, 0.5) is 10.7 Å². The summed E-state index contributed by atoms with van der Waals surface area (Å²) in [4.78, 5) is 29.4. The number of fused-ring (bicyclic) bond motifs is 1. The van der Waals surface area contributed by atoms with Crippen molar-refractivity contribution in [3.05, 3.63) is 40.3 Å². The molecule has 2 aliphatic rings. The summed E-state index contributed by atoms with van der Waals surface area (Å²) in [6.45, 7) is 4.88. The van der Waals surface area contributed by atoms with Gasteiger partial charge in [-0.05, 0) is 81.9 Å². The van der Waals surface area contributed by atoms with Crippen molar-refractivity contribution in [3.8, 4) is 5.75 Å². The fraction of sp³-hybridized carbons (Fsp3) is 0.500. The summed E-state index contributed by atoms with van der Waals surface area (Å²) in [6.07, 6.45) is 7.71. The van der Waals surface area contributed by atoms with Gasteiger partial charge in [0.15, 0.2) is 0 Å². The van der Waals surface area contributed by atoms with E-state index in [9.17, 15) is 9.59 Å². The summed E-state index contributed by atoms with van der Waals surface area (Å²) in [7, 11) is 0. The summed E-state index contributed by atoms with van der Waals surface area (Å²) in [5.41, 5.74) is 2.45. The lowest BCUT2D eigenvalue weighted by atomic mass is 10.1. The molecule has 0 spiro atoms. The molecule has 1 fully saturated rings. The molecule has 1 saturated heterocycles. The maximum Gasteiger partial charge on any atom is 0.258 e. The molecule has 2 heterocycles. The van der Waals surface area contributed by atoms with Crippen LogP contribution in [0.3, 0.4) is 0 Å². The number of likely N-dealkylation sites (tertiary alicyclic amines) is 1. The van der Waals surface area contributed by atoms with E-state index in [-0.39, 0.29) is 11.8 Å². The topological polar surface area (TPSA) is 70.7 Å². The Kier molecular flexibility index (Phi) is 7.25. The molecule has 0 radical (unpaired) electrons. The highest BCUT2D eigenvalue weighted by molar-refractivity contribution is 7.17. The number of carbonyl (C=O) groups is 2. The van der Waals surface area contributed by atoms with E-state index in [4.69, 9.17) is 4.74 Å². The van der Waals surface area contributed by atoms with Gasteiger partial charge >= 0.3 is 0 Å². The highest BCUT2D eigenvalue weighted by Gasteiger charge is 2.28. The van der Waals surface area contributed by atoms with Gasteiger partial charge in [0.2, 0.25) is 5.91 Å². The van der Waals surface area contributed by atoms with Gasteiger partial charge in [0.05, 0.1) is 18.7 Å². The van der Waals surface area contributed by atoms with Crippen LogP contribution in [0.2, 0.25) is 0 Å². The van der Waals surface area contributed by atoms with Gasteiger partial charge in [-0.2, -0.15) is 0 Å². The third-order valence-electron chi connectivity index (χ3n) is 5.89. The average molecular weight is 442 g/mol. The first-order valence-corrected chi connectivity index (χ1v) is 12.2. The van der Waals surface area contributed by atoms with E-state index < -0.39 is 0 Å². The molecule has 4 rings (SSSR count). The molecule has 0 saturated carbocycles. The molecule has 2 N–H and O–H groups in total. The molecular weight excluding hydrogens is 410 g/mol. The van der Waals surface area contributed by atoms with Gasteiger partial charge in [-0.25, -0.2) is 0 Å². The largest absolute Gasteiger partial charge is 0.494 e. The van der Waals surface area contributed by atoms with Crippen LogP contribution in [-0.4, -0.2) is 43.0 Å². The summed E-state index contributed by atoms with van der Waals surface area (Å²) >= 11 is 1.56. The van der Waals surface area contributed by atoms with E-state index in [2.05, 4.69) is 15.5 Å². The van der Waals surface area contributed by atoms with E-state index in [1.54, 1.807) is 11.3 Å². The maximum atomic E-state index is 13.2. The molecule has 6 nitrogen and oxygen atoms in total. The van der Waals surface area contributed by atoms with E-state index in [0.717, 1.165) is 56.5 Å². The van der Waals surface area contributed by atoms with Gasteiger partial charge in [-0.3, -0.25) is 14.5 Å². The third kappa shape index (κ3) is 5.46. The molecule has 0 atom stereocenters. The van der Waals surface area contributed by atoms with Crippen molar-refractivity contribution < 1.29 is 14.3 Å². The molecule has 2 amide bonds. The second kappa shape index (κ2) is 10.3. The molecular formula is C24H31N3O3S. The van der Waals surface area contributed by atoms with Crippen LogP contribution in [0.15, 0.2) is 24.3 Å². The van der Waals surface area contributed by atoms with Gasteiger partial charge in [-0.1, -0.05) is 12.8 Å². The average Bonchev–Trinajstić information content (AvgIpc) is 3.22. The van der Waals surface area contributed by atoms with Gasteiger partial charge < -0.3 is 15.4 Å². The molecule has 1 aromatic carbocycles. The highest BCUT2D eigenvalue weighted by atomic mass is 32.1. The number of hydrogen-bond donors (Lipinski definition) is 2. The Morgan fingerprint density at radius 3 is 2.45 bits per heavy atom. The molecule has 0 bridgehead atoms. The van der Waals surface area contributed by atoms with E-state index in [0.29, 0.717) is 29.4 Å². The fourth-order valence-electron chi connectivity index (χ4n) is 4.39. The number of nitrogens with zero attached hydrogens (tertiary/aromatic N) is 1. The van der Waals surface area contributed by atoms with Crippen molar-refractivity contribution in [1.29, 1.82) is 0 Å². The lowest BCUT2D eigenvalue weighted by Gasteiger charge is -2.19. The smallest absolute Gasteiger partial charge is 0.258 e. The van der Waals surface area contributed by atoms with Gasteiger partial charge in [0.25, 0.3) is 5.91 Å². The Hall–Kier alpha value is -2.38. The summed E-state index contributed by atoms with van der Waals surface area (Å²) in [6, 6.07) is 7.38. The standard InChI is InChI=1S/C24H31N3O3S/c1-2-30-18-12-10-17(11-13-18)25-23(29)22-19-8-7-9-20(19)31-24(22)26-21(28)16-27-14-5-3-4-6-15-27/h10-13H,2-9,14-16H2,1H3,(H,25,29)(H,26,28). The number of benzene rings is 1. The van der Waals surface area contributed by atoms with Crippen molar-refractivity contribution in [3.63, 3.8) is 0 Å². The van der Waals surface area contributed by atoms with Crippen LogP contribution in [0.5, 0.6) is 5.75 Å². The number of rotatable bonds is 7. The van der Waals surface area contributed by atoms with Crippen LogP contribution in [-0.2, 0) is 17.6 Å². The number of hydrogen-bond acceptors (Lipinski definition) is 5. The second-order valence-corrected chi connectivity index (χ2v) is 9.32. The molecule has 1 aromatic heterocycles. The number of thiophene rings is 1. The fourth-order valence-corrected chi connectivity index (χ4v) is 5.69. The molecule has 166 valence electrons. The summed E-state index contributed by atoms with van der Waals surface area (Å²) < 4.78 is 5.47. The molecule has 7 heteroatoms. The Morgan fingerprint density at radius 1 is 1.00 bits per heavy atom. The number of ether oxygens (including phenoxy) is 1. The SMILES string of the molecule is CCOc1ccc(NC(=O)c2c(NC(=O)CN3CCCCCC3)sc3c2CCC3)cc1. The van der Waals surface area contributed by atoms with Crippen LogP contribution >= 0.6 is 11.3 Å². The van der Waals surface area contributed by atoms with Crippen molar-refractivity contribution >= 4 is 33.8 Å². The number of aryl methyl sites for hydroxylation is 1. The zero-order valence-electron chi connectivity index (χ0n) is 18.2. The Labute approximate surface area is 188 Å². The first-order chi connectivity index (χ1) is 15.1. The lowest BCUT2D eigenvalue weighted by molar-refractivity contribution is -0.117. The lowest BCUT2D eigenvalue weighted by Crippen LogP contribution is -2.34. The quantitative estimate of drug-likeness (QED) is 0.653. The van der Waals surface area contributed by atoms with Crippen LogP contribution in [0.1, 0.15) is 59.8 Å². The summed E-state index contributed by atoms with van der Waals surface area (Å²) in [5, 5.41) is 6.74. The predicted molar refractivity (Wildman–Crippen MR) is 125 cm³/mol. The molecule has 2 aromatic rings. The number of carbonyl (C=O) groups excluding carboxylic acids is 2. The van der Waals surface area contributed by atoms with E-state index >= 15 is 0 Å². The normalized spacial score (nSPS) is 16.4. The highest BCUT2D eigenvalue weighted by Crippen LogP contribution is 2.39. The van der Waals surface area contributed by atoms with Gasteiger partial charge in [-0.15, -0.1) is 11.3 Å². The molecule has 1 aliphatic heterocycles. The second-order valence-electron chi connectivity index (χ2n) is 8.21. The molecule has 0 unspecified atom stereocenters. The van der Waals surface area contributed by atoms with Crippen molar-refractivity contribution in [1.82, 2.24) is 4.90 Å². The zero-order chi connectivity index (χ0) is 21.6. The van der Waals surface area contributed by atoms with Gasteiger partial charge in [0.1, 0.15) is 10.8 Å². The van der Waals surface area contributed by atoms with Crippen molar-refractivity contribution in [2.75, 3.05) is 36.9 Å². The minimum Gasteiger partial charge on any atom is -0.494 e. The van der Waals surface area contributed by atoms with Gasteiger partial charge in [0, 0.05) is 10.6 Å². The van der Waals surface area contributed by atoms with E-state index in [1.165, 1.54) is 17.7 Å². The number of anilines is 2. The Balaban J connectivity index is 1.46. The zero-order valence-corrected chi connectivity index (χ0v) is 19.0. The van der Waals surface area contributed by atoms with Crippen molar-refractivity contribution in [2.45, 2.75) is 51.9 Å². The first kappa shape index (κ1) is 21.8. The molecule has 1 aliphatic carbocycles. The number of amides is 2. The minimum absolute atomic E-state index is 0.0306. The van der Waals surface area contributed by atoms with E-state index in [1.807, 2.05) is 31.2 Å². The first-order valence-electron chi connectivity index (χ1n) is 11.3. The monoisotopic (exact) mass is 441 g/mol. The maximum absolute atomic E-state index is 13.2. The summed E-state index contributed by atoms with van der Waals surface area (Å²) in [5.74, 6) is 0.587. The third-order valence-corrected chi connectivity index (χ3v) is 7.10. The molecule has 31 heavy (non-hydrogen) atoms. The Morgan fingerprint density at radius 2 is 1.74 bits per heavy atom. The Bertz CT molecular complexity index is 915. The van der Waals surface area contributed by atoms with Crippen LogP contribution < -0.4 is 15.4 Å². The predicted octanol–water partition coefficient (Wildman–Crippen LogP) is 4.70.